The van der Waals surface area contributed by atoms with Gasteiger partial charge in [0, 0.05) is 18.0 Å². The fraction of sp³-hybridized carbons (Fsp3) is 0.350. The molecule has 148 valence electrons. The highest BCUT2D eigenvalue weighted by atomic mass is 32.2. The Morgan fingerprint density at radius 3 is 2.71 bits per heavy atom. The van der Waals surface area contributed by atoms with Gasteiger partial charge in [-0.2, -0.15) is 0 Å². The molecular weight excluding hydrogens is 390 g/mol. The van der Waals surface area contributed by atoms with Crippen LogP contribution in [0, 0.1) is 6.92 Å². The number of aromatic amines is 2. The molecule has 1 aromatic carbocycles. The number of hydrogen-bond acceptors (Lipinski definition) is 6. The van der Waals surface area contributed by atoms with Gasteiger partial charge in [-0.05, 0) is 38.0 Å². The average Bonchev–Trinajstić information content (AvgIpc) is 3.11. The van der Waals surface area contributed by atoms with Crippen LogP contribution in [-0.2, 0) is 12.2 Å². The van der Waals surface area contributed by atoms with E-state index < -0.39 is 0 Å². The maximum Gasteiger partial charge on any atom is 0.267 e. The largest absolute Gasteiger partial charge is 0.369 e. The van der Waals surface area contributed by atoms with Gasteiger partial charge in [-0.25, -0.2) is 9.97 Å². The third-order valence-corrected chi connectivity index (χ3v) is 6.22. The number of nitrogens with zero attached hydrogens (tertiary/aromatic N) is 2. The van der Waals surface area contributed by atoms with Crippen LogP contribution in [0.15, 0.2) is 51.5 Å². The molecular formula is C20H25N5OS2. The molecule has 28 heavy (non-hydrogen) atoms. The minimum Gasteiger partial charge on any atom is -0.369 e. The molecule has 8 heteroatoms. The Morgan fingerprint density at radius 1 is 1.18 bits per heavy atom. The number of aryl methyl sites for hydroxylation is 2. The van der Waals surface area contributed by atoms with Crippen LogP contribution in [0.1, 0.15) is 30.3 Å². The number of hydrogen-bond donors (Lipinski definition) is 3. The zero-order valence-electron chi connectivity index (χ0n) is 16.1. The summed E-state index contributed by atoms with van der Waals surface area (Å²) in [4.78, 5) is 28.2. The van der Waals surface area contributed by atoms with E-state index in [0.29, 0.717) is 21.6 Å². The van der Waals surface area contributed by atoms with Crippen LogP contribution in [-0.4, -0.2) is 32.2 Å². The van der Waals surface area contributed by atoms with E-state index in [-0.39, 0.29) is 5.56 Å². The molecule has 0 saturated carbocycles. The summed E-state index contributed by atoms with van der Waals surface area (Å²) >= 11 is 3.05. The van der Waals surface area contributed by atoms with Gasteiger partial charge in [-0.15, -0.1) is 11.8 Å². The number of nitrogens with one attached hydrogen (secondary N) is 3. The van der Waals surface area contributed by atoms with Crippen LogP contribution in [0.3, 0.4) is 0 Å². The Morgan fingerprint density at radius 2 is 2.00 bits per heavy atom. The lowest BCUT2D eigenvalue weighted by molar-refractivity contribution is 0.885. The lowest BCUT2D eigenvalue weighted by Gasteiger charge is -2.10. The number of imidazole rings is 1. The van der Waals surface area contributed by atoms with Crippen molar-refractivity contribution >= 4 is 29.3 Å². The molecule has 0 fully saturated rings. The molecule has 0 unspecified atom stereocenters. The lowest BCUT2D eigenvalue weighted by Crippen LogP contribution is -2.16. The molecule has 0 bridgehead atoms. The number of H-pyrrole nitrogens is 2. The van der Waals surface area contributed by atoms with Crippen molar-refractivity contribution in [1.29, 1.82) is 0 Å². The fourth-order valence-electron chi connectivity index (χ4n) is 2.70. The van der Waals surface area contributed by atoms with Gasteiger partial charge in [-0.1, -0.05) is 42.1 Å². The highest BCUT2D eigenvalue weighted by Crippen LogP contribution is 2.26. The van der Waals surface area contributed by atoms with Gasteiger partial charge in [0.05, 0.1) is 12.0 Å². The van der Waals surface area contributed by atoms with Gasteiger partial charge in [0.2, 0.25) is 0 Å². The Kier molecular flexibility index (Phi) is 7.62. The SMILES string of the molecule is CCNc1nc(SCc2nc[nH]c2C)[nH]c(=O)c1SCCCc1ccccc1. The average molecular weight is 416 g/mol. The summed E-state index contributed by atoms with van der Waals surface area (Å²) in [7, 11) is 0. The molecule has 3 N–H and O–H groups in total. The van der Waals surface area contributed by atoms with E-state index in [0.717, 1.165) is 36.5 Å². The maximum atomic E-state index is 12.6. The fourth-order valence-corrected chi connectivity index (χ4v) is 4.51. The topological polar surface area (TPSA) is 86.5 Å². The zero-order chi connectivity index (χ0) is 19.8. The summed E-state index contributed by atoms with van der Waals surface area (Å²) in [6, 6.07) is 10.4. The first-order chi connectivity index (χ1) is 13.7. The number of rotatable bonds is 10. The number of anilines is 1. The molecule has 0 amide bonds. The molecule has 0 aliphatic heterocycles. The van der Waals surface area contributed by atoms with Gasteiger partial charge in [0.1, 0.15) is 10.7 Å². The van der Waals surface area contributed by atoms with E-state index in [1.165, 1.54) is 17.3 Å². The molecule has 0 radical (unpaired) electrons. The minimum absolute atomic E-state index is 0.0862. The van der Waals surface area contributed by atoms with Crippen molar-refractivity contribution in [3.8, 4) is 0 Å². The molecule has 3 aromatic rings. The summed E-state index contributed by atoms with van der Waals surface area (Å²) < 4.78 is 0. The van der Waals surface area contributed by atoms with Crippen LogP contribution in [0.25, 0.3) is 0 Å². The Labute approximate surface area is 173 Å². The van der Waals surface area contributed by atoms with Crippen molar-refractivity contribution in [1.82, 2.24) is 19.9 Å². The van der Waals surface area contributed by atoms with Crippen molar-refractivity contribution in [2.24, 2.45) is 0 Å². The molecule has 0 atom stereocenters. The van der Waals surface area contributed by atoms with Crippen LogP contribution >= 0.6 is 23.5 Å². The zero-order valence-corrected chi connectivity index (χ0v) is 17.8. The highest BCUT2D eigenvalue weighted by Gasteiger charge is 2.13. The molecule has 2 aromatic heterocycles. The molecule has 0 aliphatic carbocycles. The number of thioether (sulfide) groups is 2. The van der Waals surface area contributed by atoms with E-state index in [4.69, 9.17) is 0 Å². The van der Waals surface area contributed by atoms with Gasteiger partial charge in [0.15, 0.2) is 5.16 Å². The van der Waals surface area contributed by atoms with Crippen molar-refractivity contribution in [3.63, 3.8) is 0 Å². The van der Waals surface area contributed by atoms with Crippen molar-refractivity contribution < 1.29 is 0 Å². The molecule has 2 heterocycles. The van der Waals surface area contributed by atoms with Crippen molar-refractivity contribution in [2.45, 2.75) is 42.5 Å². The van der Waals surface area contributed by atoms with Gasteiger partial charge in [0.25, 0.3) is 5.56 Å². The predicted octanol–water partition coefficient (Wildman–Crippen LogP) is 4.25. The first-order valence-electron chi connectivity index (χ1n) is 9.34. The van der Waals surface area contributed by atoms with E-state index in [2.05, 4.69) is 49.5 Å². The Hall–Kier alpha value is -2.19. The second kappa shape index (κ2) is 10.4. The standard InChI is InChI=1S/C20H25N5OS2/c1-3-21-18-17(27-11-7-10-15-8-5-4-6-9-15)19(26)25-20(24-18)28-12-16-14(2)22-13-23-16/h4-6,8-9,13H,3,7,10-12H2,1-2H3,(H,22,23)(H2,21,24,25,26). The first-order valence-corrected chi connectivity index (χ1v) is 11.3. The number of aromatic nitrogens is 4. The lowest BCUT2D eigenvalue weighted by atomic mass is 10.1. The quantitative estimate of drug-likeness (QED) is 0.261. The summed E-state index contributed by atoms with van der Waals surface area (Å²) in [6.45, 7) is 4.71. The first kappa shape index (κ1) is 20.5. The normalized spacial score (nSPS) is 10.9. The molecule has 6 nitrogen and oxygen atoms in total. The van der Waals surface area contributed by atoms with Gasteiger partial charge >= 0.3 is 0 Å². The third-order valence-electron chi connectivity index (χ3n) is 4.18. The monoisotopic (exact) mass is 415 g/mol. The van der Waals surface area contributed by atoms with E-state index >= 15 is 0 Å². The van der Waals surface area contributed by atoms with Gasteiger partial charge < -0.3 is 15.3 Å². The van der Waals surface area contributed by atoms with Crippen LogP contribution < -0.4 is 10.9 Å². The molecule has 0 saturated heterocycles. The smallest absolute Gasteiger partial charge is 0.267 e. The van der Waals surface area contributed by atoms with Crippen LogP contribution in [0.5, 0.6) is 0 Å². The summed E-state index contributed by atoms with van der Waals surface area (Å²) in [6.07, 6.45) is 3.70. The van der Waals surface area contributed by atoms with E-state index in [9.17, 15) is 4.79 Å². The number of benzene rings is 1. The molecule has 3 rings (SSSR count). The van der Waals surface area contributed by atoms with Gasteiger partial charge in [-0.3, -0.25) is 4.79 Å². The second-order valence-corrected chi connectivity index (χ2v) is 8.35. The molecule has 0 aliphatic rings. The summed E-state index contributed by atoms with van der Waals surface area (Å²) in [5.41, 5.74) is 3.24. The van der Waals surface area contributed by atoms with Crippen LogP contribution in [0.2, 0.25) is 0 Å². The van der Waals surface area contributed by atoms with Crippen molar-refractivity contribution in [3.05, 3.63) is 64.0 Å². The Balaban J connectivity index is 1.63. The summed E-state index contributed by atoms with van der Waals surface area (Å²) in [5, 5.41) is 3.84. The second-order valence-electron chi connectivity index (χ2n) is 6.28. The van der Waals surface area contributed by atoms with Crippen LogP contribution in [0.4, 0.5) is 5.82 Å². The third kappa shape index (κ3) is 5.65. The van der Waals surface area contributed by atoms with E-state index in [1.54, 1.807) is 18.1 Å². The van der Waals surface area contributed by atoms with Crippen molar-refractivity contribution in [2.75, 3.05) is 17.6 Å². The van der Waals surface area contributed by atoms with E-state index in [1.807, 2.05) is 19.9 Å². The summed E-state index contributed by atoms with van der Waals surface area (Å²) in [5.74, 6) is 2.20. The predicted molar refractivity (Wildman–Crippen MR) is 117 cm³/mol. The Bertz CT molecular complexity index is 939. The minimum atomic E-state index is -0.0862. The highest BCUT2D eigenvalue weighted by molar-refractivity contribution is 7.99. The molecule has 0 spiro atoms. The maximum absolute atomic E-state index is 12.6.